The molecule has 1 amide bonds. The second-order valence-corrected chi connectivity index (χ2v) is 6.07. The van der Waals surface area contributed by atoms with E-state index < -0.39 is 11.6 Å². The van der Waals surface area contributed by atoms with Gasteiger partial charge in [0.2, 0.25) is 5.91 Å². The van der Waals surface area contributed by atoms with Gasteiger partial charge < -0.3 is 5.32 Å². The SMILES string of the molecule is O=C(CC1CSc2nccc(=O)n21)NCc1c(F)cccc1F. The van der Waals surface area contributed by atoms with Crippen LogP contribution >= 0.6 is 11.8 Å². The van der Waals surface area contributed by atoms with Gasteiger partial charge in [0.05, 0.1) is 6.04 Å². The van der Waals surface area contributed by atoms with Crippen LogP contribution in [0.15, 0.2) is 40.4 Å². The molecular weight excluding hydrogens is 324 g/mol. The number of carbonyl (C=O) groups excluding carboxylic acids is 1. The van der Waals surface area contributed by atoms with E-state index >= 15 is 0 Å². The number of hydrogen-bond donors (Lipinski definition) is 1. The topological polar surface area (TPSA) is 64.0 Å². The first-order valence-corrected chi connectivity index (χ1v) is 7.95. The molecule has 5 nitrogen and oxygen atoms in total. The van der Waals surface area contributed by atoms with Crippen LogP contribution < -0.4 is 10.9 Å². The van der Waals surface area contributed by atoms with E-state index in [9.17, 15) is 18.4 Å². The minimum atomic E-state index is -0.701. The fourth-order valence-electron chi connectivity index (χ4n) is 2.41. The minimum absolute atomic E-state index is 0.0572. The molecule has 1 atom stereocenters. The van der Waals surface area contributed by atoms with Gasteiger partial charge in [-0.3, -0.25) is 14.2 Å². The van der Waals surface area contributed by atoms with Crippen molar-refractivity contribution in [2.75, 3.05) is 5.75 Å². The summed E-state index contributed by atoms with van der Waals surface area (Å²) in [5.41, 5.74) is -0.390. The van der Waals surface area contributed by atoms with Crippen molar-refractivity contribution in [2.24, 2.45) is 0 Å². The van der Waals surface area contributed by atoms with Gasteiger partial charge in [-0.1, -0.05) is 17.8 Å². The van der Waals surface area contributed by atoms with E-state index in [4.69, 9.17) is 0 Å². The molecule has 0 saturated heterocycles. The Morgan fingerprint density at radius 1 is 1.35 bits per heavy atom. The van der Waals surface area contributed by atoms with Crippen LogP contribution in [0.4, 0.5) is 8.78 Å². The van der Waals surface area contributed by atoms with Gasteiger partial charge in [-0.15, -0.1) is 0 Å². The molecule has 1 unspecified atom stereocenters. The van der Waals surface area contributed by atoms with Gasteiger partial charge in [0.15, 0.2) is 5.16 Å². The van der Waals surface area contributed by atoms with Crippen LogP contribution in [0, 0.1) is 11.6 Å². The fourth-order valence-corrected chi connectivity index (χ4v) is 3.54. The molecule has 0 radical (unpaired) electrons. The Balaban J connectivity index is 1.65. The Bertz CT molecular complexity index is 789. The predicted octanol–water partition coefficient (Wildman–Crippen LogP) is 1.87. The monoisotopic (exact) mass is 337 g/mol. The molecule has 0 fully saturated rings. The molecule has 0 spiro atoms. The summed E-state index contributed by atoms with van der Waals surface area (Å²) < 4.78 is 28.5. The van der Waals surface area contributed by atoms with Crippen molar-refractivity contribution >= 4 is 17.7 Å². The Morgan fingerprint density at radius 2 is 2.09 bits per heavy atom. The van der Waals surface area contributed by atoms with Crippen molar-refractivity contribution in [3.63, 3.8) is 0 Å². The number of fused-ring (bicyclic) bond motifs is 1. The van der Waals surface area contributed by atoms with Crippen LogP contribution in [0.2, 0.25) is 0 Å². The first kappa shape index (κ1) is 15.7. The van der Waals surface area contributed by atoms with Crippen LogP contribution in [0.3, 0.4) is 0 Å². The number of thioether (sulfide) groups is 1. The number of carbonyl (C=O) groups is 1. The number of halogens is 2. The summed E-state index contributed by atoms with van der Waals surface area (Å²) in [5, 5.41) is 3.07. The maximum Gasteiger partial charge on any atom is 0.254 e. The van der Waals surface area contributed by atoms with Crippen LogP contribution in [0.25, 0.3) is 0 Å². The Labute approximate surface area is 134 Å². The first-order valence-electron chi connectivity index (χ1n) is 6.96. The van der Waals surface area contributed by atoms with Crippen molar-refractivity contribution in [1.29, 1.82) is 0 Å². The number of benzene rings is 1. The fraction of sp³-hybridized carbons (Fsp3) is 0.267. The van der Waals surface area contributed by atoms with Crippen molar-refractivity contribution in [1.82, 2.24) is 14.9 Å². The van der Waals surface area contributed by atoms with Gasteiger partial charge in [0, 0.05) is 36.5 Å². The first-order chi connectivity index (χ1) is 11.1. The van der Waals surface area contributed by atoms with Gasteiger partial charge >= 0.3 is 0 Å². The Hall–Kier alpha value is -2.22. The van der Waals surface area contributed by atoms with E-state index in [1.54, 1.807) is 0 Å². The van der Waals surface area contributed by atoms with Crippen molar-refractivity contribution in [2.45, 2.75) is 24.2 Å². The van der Waals surface area contributed by atoms with Gasteiger partial charge in [-0.2, -0.15) is 0 Å². The summed E-state index contributed by atoms with van der Waals surface area (Å²) in [7, 11) is 0. The molecule has 23 heavy (non-hydrogen) atoms. The average Bonchev–Trinajstić information content (AvgIpc) is 2.91. The maximum absolute atomic E-state index is 13.5. The van der Waals surface area contributed by atoms with E-state index in [0.29, 0.717) is 10.9 Å². The third-order valence-electron chi connectivity index (χ3n) is 3.56. The lowest BCUT2D eigenvalue weighted by molar-refractivity contribution is -0.121. The largest absolute Gasteiger partial charge is 0.352 e. The number of rotatable bonds is 4. The summed E-state index contributed by atoms with van der Waals surface area (Å²) in [6.07, 6.45) is 1.49. The quantitative estimate of drug-likeness (QED) is 0.865. The zero-order chi connectivity index (χ0) is 16.4. The normalized spacial score (nSPS) is 16.2. The molecule has 1 aromatic heterocycles. The van der Waals surface area contributed by atoms with Crippen molar-refractivity contribution < 1.29 is 13.6 Å². The number of nitrogens with zero attached hydrogens (tertiary/aromatic N) is 2. The lowest BCUT2D eigenvalue weighted by atomic mass is 10.2. The van der Waals surface area contributed by atoms with Crippen molar-refractivity contribution in [3.05, 3.63) is 58.0 Å². The predicted molar refractivity (Wildman–Crippen MR) is 81.1 cm³/mol. The molecule has 0 bridgehead atoms. The van der Waals surface area contributed by atoms with Gasteiger partial charge in [0.1, 0.15) is 11.6 Å². The van der Waals surface area contributed by atoms with Crippen LogP contribution in [0.5, 0.6) is 0 Å². The average molecular weight is 337 g/mol. The molecule has 1 aromatic carbocycles. The lowest BCUT2D eigenvalue weighted by Crippen LogP contribution is -2.30. The lowest BCUT2D eigenvalue weighted by Gasteiger charge is -2.13. The Morgan fingerprint density at radius 3 is 2.83 bits per heavy atom. The van der Waals surface area contributed by atoms with E-state index in [2.05, 4.69) is 10.3 Å². The molecule has 0 aliphatic carbocycles. The number of amides is 1. The molecule has 1 aliphatic rings. The molecule has 1 N–H and O–H groups in total. The summed E-state index contributed by atoms with van der Waals surface area (Å²) in [6, 6.07) is 4.58. The molecule has 1 aliphatic heterocycles. The maximum atomic E-state index is 13.5. The Kier molecular flexibility index (Phi) is 4.42. The molecular formula is C15H13F2N3O2S. The van der Waals surface area contributed by atoms with Gasteiger partial charge in [0.25, 0.3) is 5.56 Å². The highest BCUT2D eigenvalue weighted by Gasteiger charge is 2.26. The number of aromatic nitrogens is 2. The highest BCUT2D eigenvalue weighted by molar-refractivity contribution is 7.99. The second kappa shape index (κ2) is 6.49. The molecule has 0 saturated carbocycles. The standard InChI is InChI=1S/C15H13F2N3O2S/c16-11-2-1-3-12(17)10(11)7-19-13(21)6-9-8-23-15-18-5-4-14(22)20(9)15/h1-5,9H,6-8H2,(H,19,21). The molecule has 8 heteroatoms. The van der Waals surface area contributed by atoms with Gasteiger partial charge in [-0.05, 0) is 12.1 Å². The second-order valence-electron chi connectivity index (χ2n) is 5.08. The van der Waals surface area contributed by atoms with E-state index in [1.165, 1.54) is 34.7 Å². The summed E-state index contributed by atoms with van der Waals surface area (Å²) >= 11 is 1.40. The van der Waals surface area contributed by atoms with E-state index in [-0.39, 0.29) is 36.0 Å². The zero-order valence-corrected chi connectivity index (χ0v) is 12.8. The highest BCUT2D eigenvalue weighted by Crippen LogP contribution is 2.31. The number of nitrogens with one attached hydrogen (secondary N) is 1. The smallest absolute Gasteiger partial charge is 0.254 e. The molecule has 2 aromatic rings. The molecule has 2 heterocycles. The van der Waals surface area contributed by atoms with E-state index in [0.717, 1.165) is 12.1 Å². The summed E-state index contributed by atoms with van der Waals surface area (Å²) in [4.78, 5) is 28.0. The van der Waals surface area contributed by atoms with Crippen LogP contribution in [-0.4, -0.2) is 21.2 Å². The minimum Gasteiger partial charge on any atom is -0.352 e. The van der Waals surface area contributed by atoms with Crippen molar-refractivity contribution in [3.8, 4) is 0 Å². The third-order valence-corrected chi connectivity index (χ3v) is 4.67. The van der Waals surface area contributed by atoms with Crippen LogP contribution in [0.1, 0.15) is 18.0 Å². The summed E-state index contributed by atoms with van der Waals surface area (Å²) in [6.45, 7) is -0.230. The molecule has 120 valence electrons. The summed E-state index contributed by atoms with van der Waals surface area (Å²) in [5.74, 6) is -1.21. The van der Waals surface area contributed by atoms with Gasteiger partial charge in [-0.25, -0.2) is 13.8 Å². The van der Waals surface area contributed by atoms with Crippen LogP contribution in [-0.2, 0) is 11.3 Å². The highest BCUT2D eigenvalue weighted by atomic mass is 32.2. The number of hydrogen-bond acceptors (Lipinski definition) is 4. The zero-order valence-electron chi connectivity index (χ0n) is 12.0. The third kappa shape index (κ3) is 3.26. The van der Waals surface area contributed by atoms with E-state index in [1.807, 2.05) is 0 Å². The molecule has 3 rings (SSSR count).